The van der Waals surface area contributed by atoms with E-state index in [9.17, 15) is 25.2 Å². The van der Waals surface area contributed by atoms with Crippen LogP contribution in [-0.2, 0) is 4.74 Å². The Hall–Kier alpha value is -0.930. The highest BCUT2D eigenvalue weighted by molar-refractivity contribution is 5.67. The second kappa shape index (κ2) is 19.7. The molecule has 0 saturated heterocycles. The molecule has 0 radical (unpaired) electrons. The minimum absolute atomic E-state index is 0.284. The van der Waals surface area contributed by atoms with Crippen LogP contribution in [0.5, 0.6) is 0 Å². The van der Waals surface area contributed by atoms with Crippen LogP contribution in [0.15, 0.2) is 0 Å². The van der Waals surface area contributed by atoms with Crippen LogP contribution in [0.4, 0.5) is 4.79 Å². The van der Waals surface area contributed by atoms with Crippen LogP contribution in [0.1, 0.15) is 90.9 Å². The third kappa shape index (κ3) is 16.4. The van der Waals surface area contributed by atoms with E-state index in [1.165, 1.54) is 57.8 Å². The molecule has 0 aliphatic heterocycles. The minimum atomic E-state index is -1.72. The Balaban J connectivity index is 3.54. The first-order valence-electron chi connectivity index (χ1n) is 12.1. The van der Waals surface area contributed by atoms with Gasteiger partial charge in [-0.25, -0.2) is 4.79 Å². The zero-order chi connectivity index (χ0) is 23.5. The first-order chi connectivity index (χ1) is 14.8. The predicted octanol–water partition coefficient (Wildman–Crippen LogP) is 2.49. The Bertz CT molecular complexity index is 425. The van der Waals surface area contributed by atoms with E-state index in [1.807, 2.05) is 0 Å². The number of alkyl carbamates (subject to hydrolysis) is 1. The molecule has 0 aromatic rings. The number of hydrogen-bond donors (Lipinski definition) is 6. The zero-order valence-electron chi connectivity index (χ0n) is 19.5. The molecule has 0 spiro atoms. The second-order valence-electron chi connectivity index (χ2n) is 8.68. The molecule has 1 unspecified atom stereocenters. The molecule has 0 heterocycles. The Morgan fingerprint density at radius 1 is 0.806 bits per heavy atom. The van der Waals surface area contributed by atoms with Gasteiger partial charge in [-0.05, 0) is 12.3 Å². The molecule has 186 valence electrons. The largest absolute Gasteiger partial charge is 0.450 e. The summed E-state index contributed by atoms with van der Waals surface area (Å²) < 4.78 is 5.02. The van der Waals surface area contributed by atoms with Crippen molar-refractivity contribution in [3.63, 3.8) is 0 Å². The summed E-state index contributed by atoms with van der Waals surface area (Å²) >= 11 is 0. The highest BCUT2D eigenvalue weighted by Gasteiger charge is 2.30. The number of aliphatic hydroxyl groups is 5. The van der Waals surface area contributed by atoms with Crippen LogP contribution in [0.2, 0.25) is 0 Å². The van der Waals surface area contributed by atoms with E-state index in [4.69, 9.17) is 9.84 Å². The predicted molar refractivity (Wildman–Crippen MR) is 121 cm³/mol. The van der Waals surface area contributed by atoms with E-state index in [0.717, 1.165) is 25.2 Å². The van der Waals surface area contributed by atoms with Gasteiger partial charge in [0.15, 0.2) is 0 Å². The summed E-state index contributed by atoms with van der Waals surface area (Å²) in [6.07, 6.45) is 7.41. The maximum Gasteiger partial charge on any atom is 0.407 e. The fourth-order valence-electron chi connectivity index (χ4n) is 3.44. The lowest BCUT2D eigenvalue weighted by Gasteiger charge is -2.25. The van der Waals surface area contributed by atoms with E-state index in [0.29, 0.717) is 0 Å². The molecule has 8 nitrogen and oxygen atoms in total. The summed E-state index contributed by atoms with van der Waals surface area (Å²) in [5.41, 5.74) is 0. The number of ether oxygens (including phenoxy) is 1. The van der Waals surface area contributed by atoms with Gasteiger partial charge in [0.2, 0.25) is 0 Å². The summed E-state index contributed by atoms with van der Waals surface area (Å²) in [4.78, 5) is 11.6. The van der Waals surface area contributed by atoms with Gasteiger partial charge < -0.3 is 35.6 Å². The van der Waals surface area contributed by atoms with Gasteiger partial charge in [0.1, 0.15) is 18.3 Å². The van der Waals surface area contributed by atoms with Gasteiger partial charge in [-0.2, -0.15) is 0 Å². The molecule has 6 N–H and O–H groups in total. The van der Waals surface area contributed by atoms with Crippen LogP contribution in [0.3, 0.4) is 0 Å². The van der Waals surface area contributed by atoms with Crippen molar-refractivity contribution in [3.05, 3.63) is 0 Å². The van der Waals surface area contributed by atoms with Crippen LogP contribution in [-0.4, -0.2) is 75.8 Å². The van der Waals surface area contributed by atoms with Gasteiger partial charge in [0, 0.05) is 6.54 Å². The van der Waals surface area contributed by atoms with Crippen molar-refractivity contribution in [3.8, 4) is 0 Å². The Kier molecular flexibility index (Phi) is 19.1. The molecule has 1 amide bonds. The molecule has 0 aromatic heterocycles. The number of unbranched alkanes of at least 4 members (excludes halogenated alkanes) is 8. The minimum Gasteiger partial charge on any atom is -0.450 e. The molecule has 0 rings (SSSR count). The fraction of sp³-hybridized carbons (Fsp3) is 0.957. The first kappa shape index (κ1) is 30.1. The second-order valence-corrected chi connectivity index (χ2v) is 8.68. The zero-order valence-corrected chi connectivity index (χ0v) is 19.5. The van der Waals surface area contributed by atoms with Crippen LogP contribution in [0.25, 0.3) is 0 Å². The molecule has 0 fully saturated rings. The standard InChI is InChI=1S/C23H47NO7/c1-3-4-13-18(2)14-11-9-7-5-6-8-10-12-15-31-23(30)24-16-19(26)21(28)22(29)20(27)17-25/h18-22,25-29H,3-17H2,1-2H3,(H,24,30)/t18?,19-,20+,21+,22+/m0/s1. The Labute approximate surface area is 188 Å². The summed E-state index contributed by atoms with van der Waals surface area (Å²) in [5.74, 6) is 0.858. The number of hydrogen-bond acceptors (Lipinski definition) is 7. The number of carbonyl (C=O) groups is 1. The van der Waals surface area contributed by atoms with Crippen molar-refractivity contribution in [2.45, 2.75) is 115 Å². The van der Waals surface area contributed by atoms with Gasteiger partial charge in [-0.15, -0.1) is 0 Å². The van der Waals surface area contributed by atoms with E-state index in [2.05, 4.69) is 19.2 Å². The quantitative estimate of drug-likeness (QED) is 0.157. The summed E-state index contributed by atoms with van der Waals surface area (Å²) in [5, 5.41) is 49.2. The number of aliphatic hydroxyl groups excluding tert-OH is 5. The summed E-state index contributed by atoms with van der Waals surface area (Å²) in [6.45, 7) is 3.80. The van der Waals surface area contributed by atoms with Crippen LogP contribution >= 0.6 is 0 Å². The summed E-state index contributed by atoms with van der Waals surface area (Å²) in [6, 6.07) is 0. The van der Waals surface area contributed by atoms with E-state index in [1.54, 1.807) is 0 Å². The number of amides is 1. The molecular formula is C23H47NO7. The summed E-state index contributed by atoms with van der Waals surface area (Å²) in [7, 11) is 0. The lowest BCUT2D eigenvalue weighted by Crippen LogP contribution is -2.49. The average Bonchev–Trinajstić information content (AvgIpc) is 2.77. The molecule has 31 heavy (non-hydrogen) atoms. The highest BCUT2D eigenvalue weighted by Crippen LogP contribution is 2.17. The lowest BCUT2D eigenvalue weighted by molar-refractivity contribution is -0.113. The van der Waals surface area contributed by atoms with Gasteiger partial charge >= 0.3 is 6.09 Å². The van der Waals surface area contributed by atoms with E-state index < -0.39 is 37.1 Å². The van der Waals surface area contributed by atoms with Crippen molar-refractivity contribution < 1.29 is 35.1 Å². The highest BCUT2D eigenvalue weighted by atomic mass is 16.5. The van der Waals surface area contributed by atoms with Crippen molar-refractivity contribution in [1.82, 2.24) is 5.32 Å². The monoisotopic (exact) mass is 449 g/mol. The first-order valence-corrected chi connectivity index (χ1v) is 12.1. The van der Waals surface area contributed by atoms with Gasteiger partial charge in [0.05, 0.1) is 19.3 Å². The molecular weight excluding hydrogens is 402 g/mol. The normalized spacial score (nSPS) is 16.4. The molecule has 0 aromatic carbocycles. The Morgan fingerprint density at radius 3 is 1.90 bits per heavy atom. The lowest BCUT2D eigenvalue weighted by atomic mass is 9.97. The van der Waals surface area contributed by atoms with Crippen LogP contribution in [0, 0.1) is 5.92 Å². The third-order valence-electron chi connectivity index (χ3n) is 5.66. The van der Waals surface area contributed by atoms with Gasteiger partial charge in [-0.1, -0.05) is 84.5 Å². The van der Waals surface area contributed by atoms with E-state index in [-0.39, 0.29) is 13.2 Å². The van der Waals surface area contributed by atoms with E-state index >= 15 is 0 Å². The molecule has 8 heteroatoms. The molecule has 0 bridgehead atoms. The average molecular weight is 450 g/mol. The van der Waals surface area contributed by atoms with Crippen LogP contribution < -0.4 is 5.32 Å². The van der Waals surface area contributed by atoms with Crippen molar-refractivity contribution in [2.24, 2.45) is 5.92 Å². The number of nitrogens with one attached hydrogen (secondary N) is 1. The van der Waals surface area contributed by atoms with Crippen molar-refractivity contribution >= 4 is 6.09 Å². The molecule has 0 aliphatic carbocycles. The maximum atomic E-state index is 11.6. The van der Waals surface area contributed by atoms with Crippen molar-refractivity contribution in [2.75, 3.05) is 19.8 Å². The number of carbonyl (C=O) groups excluding carboxylic acids is 1. The fourth-order valence-corrected chi connectivity index (χ4v) is 3.44. The third-order valence-corrected chi connectivity index (χ3v) is 5.66. The SMILES string of the molecule is CCCCC(C)CCCCCCCCCCOC(=O)NC[C@H](O)[C@@H](O)[C@H](O)[C@H](O)CO. The maximum absolute atomic E-state index is 11.6. The van der Waals surface area contributed by atoms with Gasteiger partial charge in [-0.3, -0.25) is 0 Å². The molecule has 5 atom stereocenters. The topological polar surface area (TPSA) is 139 Å². The van der Waals surface area contributed by atoms with Crippen molar-refractivity contribution in [1.29, 1.82) is 0 Å². The molecule has 0 aliphatic rings. The Morgan fingerprint density at radius 2 is 1.32 bits per heavy atom. The number of rotatable bonds is 20. The smallest absolute Gasteiger partial charge is 0.407 e. The van der Waals surface area contributed by atoms with Gasteiger partial charge in [0.25, 0.3) is 0 Å². The molecule has 0 saturated carbocycles.